The molecule has 108 valence electrons. The first-order valence-corrected chi connectivity index (χ1v) is 7.44. The Kier molecular flexibility index (Phi) is 6.26. The first-order valence-electron chi connectivity index (χ1n) is 6.56. The molecule has 1 aromatic rings. The summed E-state index contributed by atoms with van der Waals surface area (Å²) in [5, 5.41) is 8.71. The highest BCUT2D eigenvalue weighted by atomic mass is 32.1. The van der Waals surface area contributed by atoms with E-state index in [1.54, 1.807) is 11.3 Å². The number of carbonyl (C=O) groups excluding carboxylic acids is 1. The summed E-state index contributed by atoms with van der Waals surface area (Å²) in [5.41, 5.74) is 0.162. The molecular formula is C15H20N2O2S. The van der Waals surface area contributed by atoms with Gasteiger partial charge in [0.1, 0.15) is 5.54 Å². The van der Waals surface area contributed by atoms with E-state index in [1.165, 1.54) is 0 Å². The van der Waals surface area contributed by atoms with Gasteiger partial charge in [-0.05, 0) is 31.2 Å². The van der Waals surface area contributed by atoms with E-state index in [0.29, 0.717) is 12.8 Å². The average Bonchev–Trinajstić information content (AvgIpc) is 2.99. The molecule has 0 spiro atoms. The Morgan fingerprint density at radius 3 is 2.75 bits per heavy atom. The highest BCUT2D eigenvalue weighted by Crippen LogP contribution is 2.13. The van der Waals surface area contributed by atoms with Crippen molar-refractivity contribution in [1.82, 2.24) is 5.32 Å². The smallest absolute Gasteiger partial charge is 0.261 e. The predicted octanol–water partition coefficient (Wildman–Crippen LogP) is 2.80. The first kappa shape index (κ1) is 16.3. The summed E-state index contributed by atoms with van der Waals surface area (Å²) in [6.45, 7) is 5.60. The van der Waals surface area contributed by atoms with Crippen LogP contribution < -0.4 is 5.32 Å². The summed E-state index contributed by atoms with van der Waals surface area (Å²) in [5.74, 6) is 2.39. The quantitative estimate of drug-likeness (QED) is 0.477. The van der Waals surface area contributed by atoms with Crippen molar-refractivity contribution in [3.05, 3.63) is 22.4 Å². The van der Waals surface area contributed by atoms with E-state index in [4.69, 9.17) is 11.3 Å². The average molecular weight is 292 g/mol. The highest BCUT2D eigenvalue weighted by molar-refractivity contribution is 7.12. The Bertz CT molecular complexity index is 496. The third-order valence-corrected chi connectivity index (χ3v) is 4.12. The van der Waals surface area contributed by atoms with Crippen LogP contribution in [0.2, 0.25) is 0 Å². The van der Waals surface area contributed by atoms with Crippen molar-refractivity contribution in [3.63, 3.8) is 0 Å². The molecule has 0 aliphatic heterocycles. The maximum absolute atomic E-state index is 11.8. The molecule has 0 atom stereocenters. The number of thiophene rings is 1. The number of terminal acetylenes is 1. The zero-order valence-electron chi connectivity index (χ0n) is 12.1. The normalized spacial score (nSPS) is 11.8. The van der Waals surface area contributed by atoms with Crippen LogP contribution in [-0.4, -0.2) is 23.8 Å². The Labute approximate surface area is 124 Å². The number of hydrogen-bond acceptors (Lipinski definition) is 4. The van der Waals surface area contributed by atoms with E-state index < -0.39 is 5.54 Å². The third-order valence-electron chi connectivity index (χ3n) is 3.14. The van der Waals surface area contributed by atoms with Crippen molar-refractivity contribution in [2.75, 3.05) is 6.61 Å². The molecule has 0 radical (unpaired) electrons. The van der Waals surface area contributed by atoms with Crippen molar-refractivity contribution in [2.24, 2.45) is 5.16 Å². The van der Waals surface area contributed by atoms with Crippen molar-refractivity contribution in [1.29, 1.82) is 0 Å². The zero-order valence-corrected chi connectivity index (χ0v) is 12.9. The maximum atomic E-state index is 11.8. The molecule has 0 aromatic carbocycles. The summed E-state index contributed by atoms with van der Waals surface area (Å²) >= 11 is 1.57. The van der Waals surface area contributed by atoms with Crippen molar-refractivity contribution in [2.45, 2.75) is 39.2 Å². The Morgan fingerprint density at radius 2 is 2.25 bits per heavy atom. The molecule has 0 aliphatic rings. The van der Waals surface area contributed by atoms with Gasteiger partial charge in [-0.1, -0.05) is 31.0 Å². The molecule has 0 saturated carbocycles. The number of hydrogen-bond donors (Lipinski definition) is 1. The van der Waals surface area contributed by atoms with Crippen LogP contribution in [-0.2, 0) is 9.63 Å². The van der Waals surface area contributed by atoms with Gasteiger partial charge >= 0.3 is 0 Å². The van der Waals surface area contributed by atoms with Crippen LogP contribution in [0.25, 0.3) is 0 Å². The van der Waals surface area contributed by atoms with Gasteiger partial charge in [0, 0.05) is 0 Å². The molecule has 1 N–H and O–H groups in total. The molecule has 1 heterocycles. The Balaban J connectivity index is 2.48. The molecule has 0 saturated heterocycles. The van der Waals surface area contributed by atoms with Crippen LogP contribution in [0.15, 0.2) is 22.7 Å². The van der Waals surface area contributed by atoms with Gasteiger partial charge in [-0.2, -0.15) is 0 Å². The summed E-state index contributed by atoms with van der Waals surface area (Å²) in [6, 6.07) is 3.89. The molecular weight excluding hydrogens is 272 g/mol. The third kappa shape index (κ3) is 4.39. The molecule has 4 nitrogen and oxygen atoms in total. The lowest BCUT2D eigenvalue weighted by Crippen LogP contribution is -2.47. The van der Waals surface area contributed by atoms with E-state index in [-0.39, 0.29) is 12.5 Å². The van der Waals surface area contributed by atoms with E-state index in [1.807, 2.05) is 38.3 Å². The van der Waals surface area contributed by atoms with Crippen LogP contribution in [0.5, 0.6) is 0 Å². The van der Waals surface area contributed by atoms with Gasteiger partial charge in [0.05, 0.1) is 10.6 Å². The van der Waals surface area contributed by atoms with Crippen LogP contribution in [0.1, 0.15) is 38.5 Å². The molecule has 0 fully saturated rings. The monoisotopic (exact) mass is 292 g/mol. The molecule has 1 rings (SSSR count). The Hall–Kier alpha value is -1.80. The molecule has 0 unspecified atom stereocenters. The fourth-order valence-corrected chi connectivity index (χ4v) is 2.36. The number of oxime groups is 1. The minimum atomic E-state index is -0.590. The molecule has 0 aliphatic carbocycles. The maximum Gasteiger partial charge on any atom is 0.261 e. The van der Waals surface area contributed by atoms with Crippen LogP contribution >= 0.6 is 11.3 Å². The van der Waals surface area contributed by atoms with Gasteiger partial charge in [-0.15, -0.1) is 17.8 Å². The number of amides is 1. The predicted molar refractivity (Wildman–Crippen MR) is 82.8 cm³/mol. The van der Waals surface area contributed by atoms with Crippen LogP contribution in [0.4, 0.5) is 0 Å². The zero-order chi connectivity index (χ0) is 15.0. The lowest BCUT2D eigenvalue weighted by Gasteiger charge is -2.26. The van der Waals surface area contributed by atoms with E-state index in [2.05, 4.69) is 16.4 Å². The number of nitrogens with one attached hydrogen (secondary N) is 1. The SMILES string of the molecule is C#CC(CC)(CC)NC(=O)CO/N=C(/C)c1cccs1. The second-order valence-corrected chi connectivity index (χ2v) is 5.36. The number of rotatable bonds is 7. The van der Waals surface area contributed by atoms with Gasteiger partial charge in [-0.25, -0.2) is 0 Å². The van der Waals surface area contributed by atoms with Gasteiger partial charge < -0.3 is 10.2 Å². The largest absolute Gasteiger partial charge is 0.385 e. The number of nitrogens with zero attached hydrogens (tertiary/aromatic N) is 1. The fourth-order valence-electron chi connectivity index (χ4n) is 1.69. The highest BCUT2D eigenvalue weighted by Gasteiger charge is 2.25. The summed E-state index contributed by atoms with van der Waals surface area (Å²) in [7, 11) is 0. The van der Waals surface area contributed by atoms with Crippen molar-refractivity contribution < 1.29 is 9.63 Å². The Morgan fingerprint density at radius 1 is 1.55 bits per heavy atom. The minimum absolute atomic E-state index is 0.133. The molecule has 20 heavy (non-hydrogen) atoms. The van der Waals surface area contributed by atoms with Crippen molar-refractivity contribution >= 4 is 23.0 Å². The topological polar surface area (TPSA) is 50.7 Å². The number of carbonyl (C=O) groups is 1. The summed E-state index contributed by atoms with van der Waals surface area (Å²) in [4.78, 5) is 17.9. The molecule has 1 aromatic heterocycles. The molecule has 5 heteroatoms. The second kappa shape index (κ2) is 7.71. The van der Waals surface area contributed by atoms with Crippen LogP contribution in [0, 0.1) is 12.3 Å². The van der Waals surface area contributed by atoms with Crippen molar-refractivity contribution in [3.8, 4) is 12.3 Å². The lowest BCUT2D eigenvalue weighted by molar-refractivity contribution is -0.127. The van der Waals surface area contributed by atoms with Gasteiger partial charge in [0.15, 0.2) is 6.61 Å². The standard InChI is InChI=1S/C15H20N2O2S/c1-5-15(6-2,7-3)16-14(18)11-19-17-12(4)13-9-8-10-20-13/h1,8-10H,6-7,11H2,2-4H3,(H,16,18)/b17-12-. The van der Waals surface area contributed by atoms with Gasteiger partial charge in [0.25, 0.3) is 5.91 Å². The van der Waals surface area contributed by atoms with Gasteiger partial charge in [0.2, 0.25) is 0 Å². The fraction of sp³-hybridized carbons (Fsp3) is 0.467. The summed E-state index contributed by atoms with van der Waals surface area (Å²) < 4.78 is 0. The minimum Gasteiger partial charge on any atom is -0.385 e. The second-order valence-electron chi connectivity index (χ2n) is 4.41. The van der Waals surface area contributed by atoms with Gasteiger partial charge in [-0.3, -0.25) is 4.79 Å². The lowest BCUT2D eigenvalue weighted by atomic mass is 9.94. The first-order chi connectivity index (χ1) is 9.56. The molecule has 1 amide bonds. The molecule has 0 bridgehead atoms. The van der Waals surface area contributed by atoms with E-state index >= 15 is 0 Å². The van der Waals surface area contributed by atoms with E-state index in [9.17, 15) is 4.79 Å². The summed E-state index contributed by atoms with van der Waals surface area (Å²) in [6.07, 6.45) is 6.85. The van der Waals surface area contributed by atoms with Crippen LogP contribution in [0.3, 0.4) is 0 Å². The van der Waals surface area contributed by atoms with E-state index in [0.717, 1.165) is 10.6 Å².